The van der Waals surface area contributed by atoms with Crippen molar-refractivity contribution in [3.8, 4) is 5.75 Å². The normalized spacial score (nSPS) is 17.4. The molecule has 1 saturated heterocycles. The summed E-state index contributed by atoms with van der Waals surface area (Å²) in [6.07, 6.45) is 1.95. The Bertz CT molecular complexity index is 778. The van der Waals surface area contributed by atoms with Crippen LogP contribution in [0.3, 0.4) is 0 Å². The van der Waals surface area contributed by atoms with Crippen molar-refractivity contribution in [1.29, 1.82) is 0 Å². The van der Waals surface area contributed by atoms with Crippen molar-refractivity contribution in [2.45, 2.75) is 39.4 Å². The van der Waals surface area contributed by atoms with Crippen LogP contribution in [0.25, 0.3) is 0 Å². The van der Waals surface area contributed by atoms with Gasteiger partial charge in [0.25, 0.3) is 0 Å². The molecule has 1 unspecified atom stereocenters. The summed E-state index contributed by atoms with van der Waals surface area (Å²) < 4.78 is 5.69. The summed E-state index contributed by atoms with van der Waals surface area (Å²) in [7, 11) is 0. The number of nitrogens with two attached hydrogens (primary N) is 1. The highest BCUT2D eigenvalue weighted by Gasteiger charge is 2.23. The van der Waals surface area contributed by atoms with E-state index in [1.165, 1.54) is 16.7 Å². The summed E-state index contributed by atoms with van der Waals surface area (Å²) >= 11 is 0. The van der Waals surface area contributed by atoms with E-state index >= 15 is 0 Å². The van der Waals surface area contributed by atoms with Crippen LogP contribution in [0, 0.1) is 5.92 Å². The largest absolute Gasteiger partial charge is 0.494 e. The summed E-state index contributed by atoms with van der Waals surface area (Å²) in [5.41, 5.74) is 9.21. The quantitative estimate of drug-likeness (QED) is 0.700. The molecule has 1 aliphatic rings. The zero-order valence-electron chi connectivity index (χ0n) is 16.7. The number of carbonyl (C=O) groups is 1. The Morgan fingerprint density at radius 3 is 2.82 bits per heavy atom. The van der Waals surface area contributed by atoms with Gasteiger partial charge in [0.2, 0.25) is 5.91 Å². The number of ether oxygens (including phenoxy) is 1. The van der Waals surface area contributed by atoms with Gasteiger partial charge in [-0.15, -0.1) is 0 Å². The molecule has 0 saturated carbocycles. The van der Waals surface area contributed by atoms with Gasteiger partial charge in [0.05, 0.1) is 12.5 Å². The van der Waals surface area contributed by atoms with Gasteiger partial charge in [-0.05, 0) is 43.5 Å². The molecule has 0 aliphatic carbocycles. The van der Waals surface area contributed by atoms with Gasteiger partial charge in [0.15, 0.2) is 0 Å². The number of hydrogen-bond acceptors (Lipinski definition) is 4. The second-order valence-electron chi connectivity index (χ2n) is 7.44. The first kappa shape index (κ1) is 20.4. The smallest absolute Gasteiger partial charge is 0.221 e. The molecule has 0 spiro atoms. The molecule has 3 rings (SSSR count). The number of hydrogen-bond donors (Lipinski definition) is 2. The molecule has 1 heterocycles. The number of piperidine rings is 1. The number of nitrogens with one attached hydrogen (secondary N) is 1. The van der Waals surface area contributed by atoms with Crippen molar-refractivity contribution in [2.75, 3.05) is 19.7 Å². The van der Waals surface area contributed by atoms with Crippen molar-refractivity contribution in [2.24, 2.45) is 11.7 Å². The highest BCUT2D eigenvalue weighted by molar-refractivity contribution is 5.76. The second kappa shape index (κ2) is 10.2. The molecular weight excluding hydrogens is 350 g/mol. The summed E-state index contributed by atoms with van der Waals surface area (Å²) in [6, 6.07) is 16.8. The number of benzene rings is 2. The van der Waals surface area contributed by atoms with Gasteiger partial charge in [-0.2, -0.15) is 0 Å². The molecule has 150 valence electrons. The average molecular weight is 382 g/mol. The highest BCUT2D eigenvalue weighted by Crippen LogP contribution is 2.20. The predicted molar refractivity (Wildman–Crippen MR) is 112 cm³/mol. The first-order valence-electron chi connectivity index (χ1n) is 10.2. The van der Waals surface area contributed by atoms with E-state index in [-0.39, 0.29) is 11.8 Å². The van der Waals surface area contributed by atoms with Crippen LogP contribution in [-0.2, 0) is 24.4 Å². The number of nitrogens with zero attached hydrogens (tertiary/aromatic N) is 1. The topological polar surface area (TPSA) is 67.6 Å². The summed E-state index contributed by atoms with van der Waals surface area (Å²) in [4.78, 5) is 13.8. The number of rotatable bonds is 9. The van der Waals surface area contributed by atoms with Gasteiger partial charge in [0, 0.05) is 31.7 Å². The Balaban J connectivity index is 1.53. The lowest BCUT2D eigenvalue weighted by Crippen LogP contribution is -2.40. The lowest BCUT2D eigenvalue weighted by atomic mass is 9.97. The Morgan fingerprint density at radius 2 is 2.00 bits per heavy atom. The molecular formula is C23H31N3O2. The van der Waals surface area contributed by atoms with E-state index in [1.807, 2.05) is 25.1 Å². The van der Waals surface area contributed by atoms with Crippen molar-refractivity contribution in [3.63, 3.8) is 0 Å². The van der Waals surface area contributed by atoms with Crippen LogP contribution < -0.4 is 15.8 Å². The van der Waals surface area contributed by atoms with E-state index < -0.39 is 0 Å². The van der Waals surface area contributed by atoms with E-state index in [2.05, 4.69) is 40.5 Å². The molecule has 0 bridgehead atoms. The predicted octanol–water partition coefficient (Wildman–Crippen LogP) is 3.07. The third kappa shape index (κ3) is 5.81. The van der Waals surface area contributed by atoms with Crippen LogP contribution in [0.4, 0.5) is 0 Å². The highest BCUT2D eigenvalue weighted by atomic mass is 16.5. The molecule has 1 aliphatic heterocycles. The van der Waals surface area contributed by atoms with Crippen molar-refractivity contribution >= 4 is 5.91 Å². The van der Waals surface area contributed by atoms with Crippen LogP contribution in [0.5, 0.6) is 5.75 Å². The fourth-order valence-electron chi connectivity index (χ4n) is 3.82. The number of primary amides is 1. The SMILES string of the molecule is CCOc1ccccc1CNCc1cccc(CN2CCCC(C(N)=O)C2)c1. The maximum absolute atomic E-state index is 11.5. The third-order valence-electron chi connectivity index (χ3n) is 5.22. The lowest BCUT2D eigenvalue weighted by Gasteiger charge is -2.31. The van der Waals surface area contributed by atoms with Crippen LogP contribution in [0.1, 0.15) is 36.5 Å². The van der Waals surface area contributed by atoms with Gasteiger partial charge in [-0.1, -0.05) is 42.5 Å². The molecule has 1 amide bonds. The maximum atomic E-state index is 11.5. The van der Waals surface area contributed by atoms with Crippen molar-refractivity contribution < 1.29 is 9.53 Å². The number of carbonyl (C=O) groups excluding carboxylic acids is 1. The molecule has 0 radical (unpaired) electrons. The van der Waals surface area contributed by atoms with Gasteiger partial charge >= 0.3 is 0 Å². The molecule has 2 aromatic rings. The summed E-state index contributed by atoms with van der Waals surface area (Å²) in [5.74, 6) is 0.763. The van der Waals surface area contributed by atoms with Gasteiger partial charge in [-0.3, -0.25) is 9.69 Å². The Kier molecular flexibility index (Phi) is 7.46. The summed E-state index contributed by atoms with van der Waals surface area (Å²) in [6.45, 7) is 6.91. The molecule has 3 N–H and O–H groups in total. The minimum atomic E-state index is -0.171. The van der Waals surface area contributed by atoms with Gasteiger partial charge < -0.3 is 15.8 Å². The zero-order chi connectivity index (χ0) is 19.8. The van der Waals surface area contributed by atoms with Crippen molar-refractivity contribution in [1.82, 2.24) is 10.2 Å². The molecule has 5 nitrogen and oxygen atoms in total. The Morgan fingerprint density at radius 1 is 1.18 bits per heavy atom. The first-order valence-corrected chi connectivity index (χ1v) is 10.2. The molecule has 1 fully saturated rings. The van der Waals surface area contributed by atoms with Gasteiger partial charge in [-0.25, -0.2) is 0 Å². The van der Waals surface area contributed by atoms with Crippen LogP contribution in [0.15, 0.2) is 48.5 Å². The first-order chi connectivity index (χ1) is 13.7. The van der Waals surface area contributed by atoms with E-state index in [4.69, 9.17) is 10.5 Å². The van der Waals surface area contributed by atoms with Crippen LogP contribution >= 0.6 is 0 Å². The standard InChI is InChI=1S/C23H31N3O2/c1-2-28-22-11-4-3-9-20(22)15-25-14-18-7-5-8-19(13-18)16-26-12-6-10-21(17-26)23(24)27/h3-5,7-9,11,13,21,25H,2,6,10,12,14-17H2,1H3,(H2,24,27). The average Bonchev–Trinajstić information content (AvgIpc) is 2.70. The molecule has 2 aromatic carbocycles. The minimum Gasteiger partial charge on any atom is -0.494 e. The second-order valence-corrected chi connectivity index (χ2v) is 7.44. The number of likely N-dealkylation sites (tertiary alicyclic amines) is 1. The van der Waals surface area contributed by atoms with E-state index in [0.717, 1.165) is 51.3 Å². The molecule has 5 heteroatoms. The summed E-state index contributed by atoms with van der Waals surface area (Å²) in [5, 5.41) is 3.51. The molecule has 28 heavy (non-hydrogen) atoms. The van der Waals surface area contributed by atoms with Crippen LogP contribution in [-0.4, -0.2) is 30.5 Å². The van der Waals surface area contributed by atoms with E-state index in [9.17, 15) is 4.79 Å². The number of amides is 1. The molecule has 1 atom stereocenters. The lowest BCUT2D eigenvalue weighted by molar-refractivity contribution is -0.123. The Labute approximate surface area is 167 Å². The monoisotopic (exact) mass is 381 g/mol. The fourth-order valence-corrected chi connectivity index (χ4v) is 3.82. The van der Waals surface area contributed by atoms with Crippen LogP contribution in [0.2, 0.25) is 0 Å². The maximum Gasteiger partial charge on any atom is 0.221 e. The van der Waals surface area contributed by atoms with Crippen molar-refractivity contribution in [3.05, 3.63) is 65.2 Å². The fraction of sp³-hybridized carbons (Fsp3) is 0.435. The Hall–Kier alpha value is -2.37. The van der Waals surface area contributed by atoms with E-state index in [1.54, 1.807) is 0 Å². The minimum absolute atomic E-state index is 0.0102. The third-order valence-corrected chi connectivity index (χ3v) is 5.22. The number of para-hydroxylation sites is 1. The zero-order valence-corrected chi connectivity index (χ0v) is 16.7. The molecule has 0 aromatic heterocycles. The van der Waals surface area contributed by atoms with E-state index in [0.29, 0.717) is 6.61 Å². The van der Waals surface area contributed by atoms with Gasteiger partial charge in [0.1, 0.15) is 5.75 Å².